The van der Waals surface area contributed by atoms with Gasteiger partial charge in [-0.15, -0.1) is 0 Å². The average molecular weight is 289 g/mol. The molecule has 2 rings (SSSR count). The number of benzene rings is 2. The van der Waals surface area contributed by atoms with Gasteiger partial charge < -0.3 is 15.2 Å². The van der Waals surface area contributed by atoms with Crippen LogP contribution in [-0.2, 0) is 6.54 Å². The Labute approximate surface area is 122 Å². The van der Waals surface area contributed by atoms with Gasteiger partial charge in [-0.05, 0) is 48.9 Å². The van der Waals surface area contributed by atoms with Crippen molar-refractivity contribution in [3.63, 3.8) is 0 Å². The molecule has 0 aliphatic heterocycles. The molecule has 2 aromatic rings. The number of ether oxygens (including phenoxy) is 1. The standard InChI is InChI=1S/C16H16FNO3/c1-2-21-13-6-4-12(5-7-13)18-10-11-3-8-14(16(19)20)15(17)9-11/h3-9,18H,2,10H2,1H3,(H,19,20). The Kier molecular flexibility index (Phi) is 4.77. The Bertz CT molecular complexity index is 626. The summed E-state index contributed by atoms with van der Waals surface area (Å²) in [7, 11) is 0. The minimum Gasteiger partial charge on any atom is -0.494 e. The quantitative estimate of drug-likeness (QED) is 0.854. The minimum atomic E-state index is -1.27. The Balaban J connectivity index is 1.99. The molecule has 0 amide bonds. The van der Waals surface area contributed by atoms with Crippen molar-refractivity contribution in [1.29, 1.82) is 0 Å². The molecule has 0 radical (unpaired) electrons. The highest BCUT2D eigenvalue weighted by atomic mass is 19.1. The van der Waals surface area contributed by atoms with Crippen LogP contribution in [0.1, 0.15) is 22.8 Å². The second kappa shape index (κ2) is 6.74. The summed E-state index contributed by atoms with van der Waals surface area (Å²) in [5.41, 5.74) is 1.23. The van der Waals surface area contributed by atoms with Crippen LogP contribution in [0.3, 0.4) is 0 Å². The smallest absolute Gasteiger partial charge is 0.338 e. The lowest BCUT2D eigenvalue weighted by atomic mass is 10.1. The zero-order valence-corrected chi connectivity index (χ0v) is 11.6. The topological polar surface area (TPSA) is 58.6 Å². The fraction of sp³-hybridized carbons (Fsp3) is 0.188. The summed E-state index contributed by atoms with van der Waals surface area (Å²) >= 11 is 0. The van der Waals surface area contributed by atoms with Crippen molar-refractivity contribution in [3.05, 3.63) is 59.4 Å². The first kappa shape index (κ1) is 14.8. The maximum absolute atomic E-state index is 13.5. The van der Waals surface area contributed by atoms with E-state index in [0.29, 0.717) is 18.7 Å². The van der Waals surface area contributed by atoms with E-state index in [2.05, 4.69) is 5.32 Å². The number of carboxylic acids is 1. The van der Waals surface area contributed by atoms with Crippen LogP contribution in [-0.4, -0.2) is 17.7 Å². The van der Waals surface area contributed by atoms with Gasteiger partial charge in [-0.3, -0.25) is 0 Å². The van der Waals surface area contributed by atoms with E-state index in [-0.39, 0.29) is 5.56 Å². The molecule has 0 bridgehead atoms. The van der Waals surface area contributed by atoms with E-state index < -0.39 is 11.8 Å². The van der Waals surface area contributed by atoms with E-state index in [0.717, 1.165) is 11.4 Å². The predicted molar refractivity (Wildman–Crippen MR) is 78.3 cm³/mol. The predicted octanol–water partition coefficient (Wildman–Crippen LogP) is 3.53. The highest BCUT2D eigenvalue weighted by Gasteiger charge is 2.10. The van der Waals surface area contributed by atoms with Gasteiger partial charge in [0.2, 0.25) is 0 Å². The molecule has 0 spiro atoms. The number of nitrogens with one attached hydrogen (secondary N) is 1. The third-order valence-electron chi connectivity index (χ3n) is 2.93. The summed E-state index contributed by atoms with van der Waals surface area (Å²) in [6, 6.07) is 11.5. The fourth-order valence-corrected chi connectivity index (χ4v) is 1.88. The lowest BCUT2D eigenvalue weighted by Gasteiger charge is -2.09. The van der Waals surface area contributed by atoms with Gasteiger partial charge in [0.25, 0.3) is 0 Å². The summed E-state index contributed by atoms with van der Waals surface area (Å²) in [6.07, 6.45) is 0. The van der Waals surface area contributed by atoms with Gasteiger partial charge in [0, 0.05) is 12.2 Å². The largest absolute Gasteiger partial charge is 0.494 e. The molecule has 0 saturated heterocycles. The minimum absolute atomic E-state index is 0.320. The molecule has 0 fully saturated rings. The van der Waals surface area contributed by atoms with Crippen LogP contribution in [0.4, 0.5) is 10.1 Å². The maximum atomic E-state index is 13.5. The number of anilines is 1. The number of hydrogen-bond donors (Lipinski definition) is 2. The van der Waals surface area contributed by atoms with E-state index in [4.69, 9.17) is 9.84 Å². The Hall–Kier alpha value is -2.56. The zero-order chi connectivity index (χ0) is 15.2. The summed E-state index contributed by atoms with van der Waals surface area (Å²) in [4.78, 5) is 10.7. The number of halogens is 1. The summed E-state index contributed by atoms with van der Waals surface area (Å²) in [5.74, 6) is -1.20. The zero-order valence-electron chi connectivity index (χ0n) is 11.6. The van der Waals surface area contributed by atoms with Gasteiger partial charge in [-0.1, -0.05) is 6.07 Å². The van der Waals surface area contributed by atoms with Gasteiger partial charge in [0.05, 0.1) is 12.2 Å². The second-order valence-corrected chi connectivity index (χ2v) is 4.43. The molecule has 21 heavy (non-hydrogen) atoms. The molecule has 0 atom stereocenters. The summed E-state index contributed by atoms with van der Waals surface area (Å²) in [6.45, 7) is 2.94. The first-order valence-corrected chi connectivity index (χ1v) is 6.58. The first-order chi connectivity index (χ1) is 10.1. The normalized spacial score (nSPS) is 10.2. The van der Waals surface area contributed by atoms with E-state index in [1.165, 1.54) is 12.1 Å². The summed E-state index contributed by atoms with van der Waals surface area (Å²) < 4.78 is 18.9. The highest BCUT2D eigenvalue weighted by Crippen LogP contribution is 2.17. The molecule has 0 unspecified atom stereocenters. The molecular weight excluding hydrogens is 273 g/mol. The van der Waals surface area contributed by atoms with Gasteiger partial charge >= 0.3 is 5.97 Å². The van der Waals surface area contributed by atoms with E-state index >= 15 is 0 Å². The number of carboxylic acid groups (broad SMARTS) is 1. The first-order valence-electron chi connectivity index (χ1n) is 6.58. The van der Waals surface area contributed by atoms with Gasteiger partial charge in [0.15, 0.2) is 0 Å². The second-order valence-electron chi connectivity index (χ2n) is 4.43. The van der Waals surface area contributed by atoms with Crippen LogP contribution in [0, 0.1) is 5.82 Å². The van der Waals surface area contributed by atoms with Crippen molar-refractivity contribution < 1.29 is 19.0 Å². The molecule has 4 nitrogen and oxygen atoms in total. The third kappa shape index (κ3) is 3.95. The van der Waals surface area contributed by atoms with Crippen molar-refractivity contribution in [3.8, 4) is 5.75 Å². The Morgan fingerprint density at radius 3 is 2.52 bits per heavy atom. The van der Waals surface area contributed by atoms with Crippen molar-refractivity contribution in [1.82, 2.24) is 0 Å². The van der Waals surface area contributed by atoms with Crippen LogP contribution in [0.5, 0.6) is 5.75 Å². The Morgan fingerprint density at radius 1 is 1.24 bits per heavy atom. The molecule has 110 valence electrons. The van der Waals surface area contributed by atoms with Crippen LogP contribution in [0.25, 0.3) is 0 Å². The van der Waals surface area contributed by atoms with E-state index in [1.54, 1.807) is 6.07 Å². The van der Waals surface area contributed by atoms with Gasteiger partial charge in [-0.25, -0.2) is 9.18 Å². The average Bonchev–Trinajstić information content (AvgIpc) is 2.46. The van der Waals surface area contributed by atoms with Crippen LogP contribution in [0.15, 0.2) is 42.5 Å². The lowest BCUT2D eigenvalue weighted by Crippen LogP contribution is -2.04. The maximum Gasteiger partial charge on any atom is 0.338 e. The highest BCUT2D eigenvalue weighted by molar-refractivity contribution is 5.87. The van der Waals surface area contributed by atoms with Crippen molar-refractivity contribution >= 4 is 11.7 Å². The van der Waals surface area contributed by atoms with E-state index in [9.17, 15) is 9.18 Å². The molecule has 0 aliphatic carbocycles. The van der Waals surface area contributed by atoms with Crippen molar-refractivity contribution in [2.24, 2.45) is 0 Å². The number of rotatable bonds is 6. The lowest BCUT2D eigenvalue weighted by molar-refractivity contribution is 0.0692. The molecule has 5 heteroatoms. The molecule has 0 heterocycles. The molecule has 0 aromatic heterocycles. The molecule has 0 saturated carbocycles. The molecule has 0 aliphatic rings. The van der Waals surface area contributed by atoms with Crippen LogP contribution < -0.4 is 10.1 Å². The van der Waals surface area contributed by atoms with Crippen LogP contribution >= 0.6 is 0 Å². The summed E-state index contributed by atoms with van der Waals surface area (Å²) in [5, 5.41) is 11.9. The van der Waals surface area contributed by atoms with Crippen molar-refractivity contribution in [2.45, 2.75) is 13.5 Å². The monoisotopic (exact) mass is 289 g/mol. The third-order valence-corrected chi connectivity index (χ3v) is 2.93. The fourth-order valence-electron chi connectivity index (χ4n) is 1.88. The van der Waals surface area contributed by atoms with Gasteiger partial charge in [0.1, 0.15) is 11.6 Å². The number of carbonyl (C=O) groups is 1. The van der Waals surface area contributed by atoms with Crippen LogP contribution in [0.2, 0.25) is 0 Å². The van der Waals surface area contributed by atoms with Gasteiger partial charge in [-0.2, -0.15) is 0 Å². The SMILES string of the molecule is CCOc1ccc(NCc2ccc(C(=O)O)c(F)c2)cc1. The number of hydrogen-bond acceptors (Lipinski definition) is 3. The molecular formula is C16H16FNO3. The Morgan fingerprint density at radius 2 is 1.95 bits per heavy atom. The van der Waals surface area contributed by atoms with E-state index in [1.807, 2.05) is 31.2 Å². The number of aromatic carboxylic acids is 1. The molecule has 2 aromatic carbocycles. The molecule has 2 N–H and O–H groups in total. The van der Waals surface area contributed by atoms with Crippen molar-refractivity contribution in [2.75, 3.05) is 11.9 Å².